The van der Waals surface area contributed by atoms with E-state index >= 15 is 0 Å². The first-order valence-corrected chi connectivity index (χ1v) is 14.1. The lowest BCUT2D eigenvalue weighted by atomic mass is 9.78. The standard InChI is InChI=1S/C31H43BN2O6/c1-22-20-33(28(36)38-29(2,3)4)16-17-34(22)27(35)19-24-18-25(32-39-30(5,6)31(7,8)40-32)14-15-26(24)37-21-23-12-10-9-11-13-23/h9-15,18,22H,16-17,19-21H2,1-8H3. The Bertz CT molecular complexity index is 1190. The molecule has 40 heavy (non-hydrogen) atoms. The molecule has 2 aromatic rings. The molecule has 2 saturated heterocycles. The van der Waals surface area contributed by atoms with Crippen LogP contribution in [0.5, 0.6) is 5.75 Å². The van der Waals surface area contributed by atoms with Gasteiger partial charge in [-0.25, -0.2) is 4.79 Å². The molecule has 2 aliphatic heterocycles. The minimum absolute atomic E-state index is 0.0213. The number of piperazine rings is 1. The van der Waals surface area contributed by atoms with E-state index in [2.05, 4.69) is 0 Å². The summed E-state index contributed by atoms with van der Waals surface area (Å²) in [7, 11) is -0.543. The summed E-state index contributed by atoms with van der Waals surface area (Å²) in [5.74, 6) is 0.629. The topological polar surface area (TPSA) is 77.5 Å². The molecule has 2 heterocycles. The summed E-state index contributed by atoms with van der Waals surface area (Å²) in [6.07, 6.45) is -0.188. The van der Waals surface area contributed by atoms with Gasteiger partial charge in [-0.05, 0) is 72.5 Å². The van der Waals surface area contributed by atoms with Crippen LogP contribution in [-0.2, 0) is 31.9 Å². The number of carbonyl (C=O) groups is 2. The maximum atomic E-state index is 13.6. The van der Waals surface area contributed by atoms with E-state index < -0.39 is 23.9 Å². The predicted octanol–water partition coefficient (Wildman–Crippen LogP) is 4.58. The SMILES string of the molecule is CC1CN(C(=O)OC(C)(C)C)CCN1C(=O)Cc1cc(B2OC(C)(C)C(C)(C)O2)ccc1OCc1ccccc1. The Hall–Kier alpha value is -3.04. The van der Waals surface area contributed by atoms with E-state index in [0.29, 0.717) is 32.0 Å². The van der Waals surface area contributed by atoms with Gasteiger partial charge < -0.3 is 28.6 Å². The van der Waals surface area contributed by atoms with E-state index in [1.165, 1.54) is 0 Å². The summed E-state index contributed by atoms with van der Waals surface area (Å²) in [6, 6.07) is 15.6. The van der Waals surface area contributed by atoms with E-state index in [9.17, 15) is 9.59 Å². The molecule has 0 aliphatic carbocycles. The average Bonchev–Trinajstić information content (AvgIpc) is 3.09. The van der Waals surface area contributed by atoms with Crippen molar-refractivity contribution in [2.45, 2.75) is 91.3 Å². The lowest BCUT2D eigenvalue weighted by Gasteiger charge is -2.40. The van der Waals surface area contributed by atoms with Crippen LogP contribution in [0.4, 0.5) is 4.79 Å². The van der Waals surface area contributed by atoms with Gasteiger partial charge in [-0.3, -0.25) is 4.79 Å². The van der Waals surface area contributed by atoms with Gasteiger partial charge in [-0.2, -0.15) is 0 Å². The molecule has 0 radical (unpaired) electrons. The van der Waals surface area contributed by atoms with Crippen molar-refractivity contribution in [2.75, 3.05) is 19.6 Å². The number of carbonyl (C=O) groups excluding carboxylic acids is 2. The summed E-state index contributed by atoms with van der Waals surface area (Å²) >= 11 is 0. The first-order valence-electron chi connectivity index (χ1n) is 14.1. The highest BCUT2D eigenvalue weighted by Crippen LogP contribution is 2.37. The molecule has 2 aliphatic rings. The number of nitrogens with zero attached hydrogens (tertiary/aromatic N) is 2. The molecule has 0 aromatic heterocycles. The molecule has 0 spiro atoms. The van der Waals surface area contributed by atoms with Crippen molar-refractivity contribution in [1.82, 2.24) is 9.80 Å². The Kier molecular flexibility index (Phi) is 8.57. The van der Waals surface area contributed by atoms with Crippen LogP contribution in [-0.4, -0.2) is 71.4 Å². The van der Waals surface area contributed by atoms with Crippen LogP contribution in [0.25, 0.3) is 0 Å². The second-order valence-corrected chi connectivity index (χ2v) is 12.8. The third-order valence-electron chi connectivity index (χ3n) is 7.79. The maximum Gasteiger partial charge on any atom is 0.494 e. The highest BCUT2D eigenvalue weighted by Gasteiger charge is 2.51. The largest absolute Gasteiger partial charge is 0.494 e. The van der Waals surface area contributed by atoms with E-state index in [1.807, 2.05) is 109 Å². The Morgan fingerprint density at radius 1 is 1.00 bits per heavy atom. The first kappa shape index (κ1) is 29.9. The van der Waals surface area contributed by atoms with Gasteiger partial charge in [0, 0.05) is 31.2 Å². The van der Waals surface area contributed by atoms with Crippen molar-refractivity contribution in [3.8, 4) is 5.75 Å². The van der Waals surface area contributed by atoms with Crippen LogP contribution in [0.2, 0.25) is 0 Å². The highest BCUT2D eigenvalue weighted by molar-refractivity contribution is 6.62. The fourth-order valence-corrected chi connectivity index (χ4v) is 4.82. The monoisotopic (exact) mass is 550 g/mol. The van der Waals surface area contributed by atoms with Crippen LogP contribution in [0.1, 0.15) is 66.5 Å². The zero-order chi connectivity index (χ0) is 29.3. The zero-order valence-corrected chi connectivity index (χ0v) is 25.2. The summed E-state index contributed by atoms with van der Waals surface area (Å²) < 4.78 is 24.3. The molecular formula is C31H43BN2O6. The van der Waals surface area contributed by atoms with Gasteiger partial charge in [0.25, 0.3) is 0 Å². The summed E-state index contributed by atoms with van der Waals surface area (Å²) in [6.45, 7) is 17.3. The van der Waals surface area contributed by atoms with E-state index in [1.54, 1.807) is 4.90 Å². The Balaban J connectivity index is 1.51. The maximum absolute atomic E-state index is 13.6. The van der Waals surface area contributed by atoms with E-state index in [-0.39, 0.29) is 24.5 Å². The average molecular weight is 551 g/mol. The first-order chi connectivity index (χ1) is 18.6. The van der Waals surface area contributed by atoms with Crippen LogP contribution in [0, 0.1) is 0 Å². The highest BCUT2D eigenvalue weighted by atomic mass is 16.7. The minimum atomic E-state index is -0.564. The minimum Gasteiger partial charge on any atom is -0.489 e. The molecule has 2 aromatic carbocycles. The quantitative estimate of drug-likeness (QED) is 0.491. The number of amides is 2. The molecule has 2 amide bonds. The van der Waals surface area contributed by atoms with Gasteiger partial charge >= 0.3 is 13.2 Å². The second-order valence-electron chi connectivity index (χ2n) is 12.8. The van der Waals surface area contributed by atoms with Gasteiger partial charge in [0.2, 0.25) is 5.91 Å². The van der Waals surface area contributed by atoms with Crippen LogP contribution < -0.4 is 10.2 Å². The fraction of sp³-hybridized carbons (Fsp3) is 0.548. The van der Waals surface area contributed by atoms with Crippen LogP contribution in [0.15, 0.2) is 48.5 Å². The molecule has 2 fully saturated rings. The summed E-state index contributed by atoms with van der Waals surface area (Å²) in [5.41, 5.74) is 1.15. The predicted molar refractivity (Wildman–Crippen MR) is 156 cm³/mol. The molecule has 1 unspecified atom stereocenters. The van der Waals surface area contributed by atoms with Crippen molar-refractivity contribution in [1.29, 1.82) is 0 Å². The fourth-order valence-electron chi connectivity index (χ4n) is 4.82. The van der Waals surface area contributed by atoms with Crippen LogP contribution >= 0.6 is 0 Å². The van der Waals surface area contributed by atoms with Crippen LogP contribution in [0.3, 0.4) is 0 Å². The van der Waals surface area contributed by atoms with Crippen molar-refractivity contribution in [3.05, 3.63) is 59.7 Å². The molecule has 1 atom stereocenters. The number of rotatable bonds is 6. The Morgan fingerprint density at radius 3 is 2.25 bits per heavy atom. The molecule has 4 rings (SSSR count). The lowest BCUT2D eigenvalue weighted by molar-refractivity contribution is -0.134. The summed E-state index contributed by atoms with van der Waals surface area (Å²) in [5, 5.41) is 0. The number of ether oxygens (including phenoxy) is 2. The summed E-state index contributed by atoms with van der Waals surface area (Å²) in [4.78, 5) is 29.7. The van der Waals surface area contributed by atoms with Gasteiger partial charge in [-0.1, -0.05) is 42.5 Å². The van der Waals surface area contributed by atoms with Crippen molar-refractivity contribution in [3.63, 3.8) is 0 Å². The van der Waals surface area contributed by atoms with Crippen molar-refractivity contribution in [2.24, 2.45) is 0 Å². The normalized spacial score (nSPS) is 20.4. The van der Waals surface area contributed by atoms with E-state index in [0.717, 1.165) is 16.6 Å². The smallest absolute Gasteiger partial charge is 0.489 e. The Labute approximate surface area is 239 Å². The molecule has 0 bridgehead atoms. The number of hydrogen-bond donors (Lipinski definition) is 0. The van der Waals surface area contributed by atoms with Gasteiger partial charge in [-0.15, -0.1) is 0 Å². The number of benzene rings is 2. The molecular weight excluding hydrogens is 507 g/mol. The molecule has 0 N–H and O–H groups in total. The zero-order valence-electron chi connectivity index (χ0n) is 25.2. The van der Waals surface area contributed by atoms with E-state index in [4.69, 9.17) is 18.8 Å². The third-order valence-corrected chi connectivity index (χ3v) is 7.79. The molecule has 9 heteroatoms. The second kappa shape index (κ2) is 11.5. The van der Waals surface area contributed by atoms with Gasteiger partial charge in [0.05, 0.1) is 17.6 Å². The van der Waals surface area contributed by atoms with Gasteiger partial charge in [0.1, 0.15) is 18.0 Å². The number of hydrogen-bond acceptors (Lipinski definition) is 6. The van der Waals surface area contributed by atoms with Crippen molar-refractivity contribution >= 4 is 24.6 Å². The molecule has 0 saturated carbocycles. The van der Waals surface area contributed by atoms with Gasteiger partial charge in [0.15, 0.2) is 0 Å². The molecule has 216 valence electrons. The van der Waals surface area contributed by atoms with Crippen molar-refractivity contribution < 1.29 is 28.4 Å². The molecule has 8 nitrogen and oxygen atoms in total. The lowest BCUT2D eigenvalue weighted by Crippen LogP contribution is -2.56. The Morgan fingerprint density at radius 2 is 1.65 bits per heavy atom. The third kappa shape index (κ3) is 6.99.